The molecule has 0 nitrogen and oxygen atoms in total. The maximum Gasteiger partial charge on any atom is 0.0130 e. The van der Waals surface area contributed by atoms with Crippen molar-refractivity contribution in [1.82, 2.24) is 0 Å². The van der Waals surface area contributed by atoms with E-state index in [2.05, 4.69) is 6.92 Å². The van der Waals surface area contributed by atoms with Crippen LogP contribution in [0.1, 0.15) is 96.8 Å². The van der Waals surface area contributed by atoms with E-state index in [0.29, 0.717) is 4.75 Å². The summed E-state index contributed by atoms with van der Waals surface area (Å²) in [5.74, 6) is 0. The Labute approximate surface area is 114 Å². The number of hydrogen-bond donors (Lipinski definition) is 1. The molecule has 0 bridgehead atoms. The van der Waals surface area contributed by atoms with E-state index in [0.717, 1.165) is 0 Å². The Balaban J connectivity index is 2.00. The first-order chi connectivity index (χ1) is 8.27. The Bertz CT molecular complexity index is 168. The molecular formula is C16H32S. The van der Waals surface area contributed by atoms with Gasteiger partial charge in [0.1, 0.15) is 0 Å². The Morgan fingerprint density at radius 1 is 0.765 bits per heavy atom. The lowest BCUT2D eigenvalue weighted by Gasteiger charge is -2.26. The summed E-state index contributed by atoms with van der Waals surface area (Å²) in [7, 11) is 0. The number of unbranched alkanes of at least 4 members (excludes halogenated alkanes) is 6. The molecule has 0 aromatic heterocycles. The van der Waals surface area contributed by atoms with Crippen LogP contribution in [-0.4, -0.2) is 4.75 Å². The highest BCUT2D eigenvalue weighted by atomic mass is 32.1. The van der Waals surface area contributed by atoms with Gasteiger partial charge in [-0.05, 0) is 19.3 Å². The van der Waals surface area contributed by atoms with Gasteiger partial charge in [0.2, 0.25) is 0 Å². The van der Waals surface area contributed by atoms with Crippen LogP contribution in [0.4, 0.5) is 0 Å². The van der Waals surface area contributed by atoms with Gasteiger partial charge in [0.15, 0.2) is 0 Å². The van der Waals surface area contributed by atoms with Crippen molar-refractivity contribution in [3.05, 3.63) is 0 Å². The highest BCUT2D eigenvalue weighted by Gasteiger charge is 2.25. The minimum atomic E-state index is 0.403. The molecule has 1 heteroatoms. The van der Waals surface area contributed by atoms with Crippen molar-refractivity contribution in [2.45, 2.75) is 102 Å². The minimum Gasteiger partial charge on any atom is -0.173 e. The molecule has 0 heterocycles. The topological polar surface area (TPSA) is 0 Å². The summed E-state index contributed by atoms with van der Waals surface area (Å²) in [6.07, 6.45) is 19.8. The van der Waals surface area contributed by atoms with Gasteiger partial charge in [-0.3, -0.25) is 0 Å². The largest absolute Gasteiger partial charge is 0.173 e. The lowest BCUT2D eigenvalue weighted by atomic mass is 9.92. The van der Waals surface area contributed by atoms with Gasteiger partial charge in [-0.1, -0.05) is 77.6 Å². The molecule has 0 aromatic carbocycles. The van der Waals surface area contributed by atoms with E-state index in [1.807, 2.05) is 0 Å². The molecule has 0 saturated heterocycles. The van der Waals surface area contributed by atoms with Crippen molar-refractivity contribution in [2.24, 2.45) is 0 Å². The van der Waals surface area contributed by atoms with Crippen LogP contribution in [0, 0.1) is 0 Å². The summed E-state index contributed by atoms with van der Waals surface area (Å²) in [6, 6.07) is 0. The SMILES string of the molecule is CCCCCCCCCC1(S)CCCCCC1. The second-order valence-electron chi connectivity index (χ2n) is 6.01. The maximum atomic E-state index is 4.98. The van der Waals surface area contributed by atoms with Crippen molar-refractivity contribution >= 4 is 12.6 Å². The maximum absolute atomic E-state index is 4.98. The molecule has 0 N–H and O–H groups in total. The predicted molar refractivity (Wildman–Crippen MR) is 82.0 cm³/mol. The fraction of sp³-hybridized carbons (Fsp3) is 1.00. The molecule has 0 aromatic rings. The summed E-state index contributed by atoms with van der Waals surface area (Å²) < 4.78 is 0.403. The zero-order valence-corrected chi connectivity index (χ0v) is 12.7. The van der Waals surface area contributed by atoms with E-state index in [-0.39, 0.29) is 0 Å². The average molecular weight is 256 g/mol. The quantitative estimate of drug-likeness (QED) is 0.300. The van der Waals surface area contributed by atoms with Gasteiger partial charge < -0.3 is 0 Å². The van der Waals surface area contributed by atoms with Gasteiger partial charge in [-0.25, -0.2) is 0 Å². The second kappa shape index (κ2) is 9.30. The van der Waals surface area contributed by atoms with Gasteiger partial charge in [0, 0.05) is 4.75 Å². The van der Waals surface area contributed by atoms with Gasteiger partial charge in [0.05, 0.1) is 0 Å². The fourth-order valence-electron chi connectivity index (χ4n) is 3.05. The van der Waals surface area contributed by atoms with Crippen LogP contribution in [-0.2, 0) is 0 Å². The summed E-state index contributed by atoms with van der Waals surface area (Å²) in [4.78, 5) is 0. The first-order valence-corrected chi connectivity index (χ1v) is 8.44. The van der Waals surface area contributed by atoms with Crippen molar-refractivity contribution < 1.29 is 0 Å². The molecule has 0 radical (unpaired) electrons. The van der Waals surface area contributed by atoms with Crippen molar-refractivity contribution in [3.63, 3.8) is 0 Å². The molecule has 0 aliphatic heterocycles. The monoisotopic (exact) mass is 256 g/mol. The van der Waals surface area contributed by atoms with Crippen molar-refractivity contribution in [2.75, 3.05) is 0 Å². The van der Waals surface area contributed by atoms with Crippen LogP contribution in [0.25, 0.3) is 0 Å². The number of thiol groups is 1. The second-order valence-corrected chi connectivity index (χ2v) is 6.96. The fourth-order valence-corrected chi connectivity index (χ4v) is 3.52. The van der Waals surface area contributed by atoms with E-state index in [1.165, 1.54) is 89.9 Å². The van der Waals surface area contributed by atoms with E-state index < -0.39 is 0 Å². The lowest BCUT2D eigenvalue weighted by Crippen LogP contribution is -2.20. The molecule has 0 atom stereocenters. The molecular weight excluding hydrogens is 224 g/mol. The summed E-state index contributed by atoms with van der Waals surface area (Å²) in [6.45, 7) is 2.29. The molecule has 1 rings (SSSR count). The summed E-state index contributed by atoms with van der Waals surface area (Å²) >= 11 is 4.98. The Morgan fingerprint density at radius 3 is 1.88 bits per heavy atom. The molecule has 17 heavy (non-hydrogen) atoms. The Hall–Kier alpha value is 0.350. The zero-order chi connectivity index (χ0) is 12.4. The van der Waals surface area contributed by atoms with E-state index in [1.54, 1.807) is 0 Å². The molecule has 1 fully saturated rings. The molecule has 1 aliphatic carbocycles. The smallest absolute Gasteiger partial charge is 0.0130 e. The first-order valence-electron chi connectivity index (χ1n) is 7.99. The number of hydrogen-bond acceptors (Lipinski definition) is 1. The minimum absolute atomic E-state index is 0.403. The molecule has 102 valence electrons. The van der Waals surface area contributed by atoms with Crippen LogP contribution in [0.3, 0.4) is 0 Å². The highest BCUT2D eigenvalue weighted by molar-refractivity contribution is 7.81. The highest BCUT2D eigenvalue weighted by Crippen LogP contribution is 2.36. The van der Waals surface area contributed by atoms with Crippen LogP contribution in [0.2, 0.25) is 0 Å². The van der Waals surface area contributed by atoms with Gasteiger partial charge in [-0.15, -0.1) is 0 Å². The lowest BCUT2D eigenvalue weighted by molar-refractivity contribution is 0.450. The zero-order valence-electron chi connectivity index (χ0n) is 11.8. The van der Waals surface area contributed by atoms with E-state index >= 15 is 0 Å². The van der Waals surface area contributed by atoms with Gasteiger partial charge in [-0.2, -0.15) is 12.6 Å². The predicted octanol–water partition coefficient (Wildman–Crippen LogP) is 6.15. The van der Waals surface area contributed by atoms with E-state index in [4.69, 9.17) is 12.6 Å². The molecule has 1 aliphatic rings. The van der Waals surface area contributed by atoms with Crippen LogP contribution in [0.15, 0.2) is 0 Å². The van der Waals surface area contributed by atoms with Crippen molar-refractivity contribution in [1.29, 1.82) is 0 Å². The van der Waals surface area contributed by atoms with Crippen LogP contribution in [0.5, 0.6) is 0 Å². The van der Waals surface area contributed by atoms with Gasteiger partial charge >= 0.3 is 0 Å². The van der Waals surface area contributed by atoms with Crippen LogP contribution < -0.4 is 0 Å². The van der Waals surface area contributed by atoms with E-state index in [9.17, 15) is 0 Å². The van der Waals surface area contributed by atoms with Crippen molar-refractivity contribution in [3.8, 4) is 0 Å². The molecule has 0 amide bonds. The molecule has 0 spiro atoms. The number of rotatable bonds is 8. The van der Waals surface area contributed by atoms with Gasteiger partial charge in [0.25, 0.3) is 0 Å². The Morgan fingerprint density at radius 2 is 1.29 bits per heavy atom. The normalized spacial score (nSPS) is 20.1. The van der Waals surface area contributed by atoms with Crippen LogP contribution >= 0.6 is 12.6 Å². The Kier molecular flexibility index (Phi) is 8.43. The third-order valence-corrected chi connectivity index (χ3v) is 4.95. The third-order valence-electron chi connectivity index (χ3n) is 4.28. The average Bonchev–Trinajstić information content (AvgIpc) is 2.53. The summed E-state index contributed by atoms with van der Waals surface area (Å²) in [5.41, 5.74) is 0. The first kappa shape index (κ1) is 15.4. The standard InChI is InChI=1S/C16H32S/c1-2-3-4-5-6-7-10-13-16(17)14-11-8-9-12-15-16/h17H,2-15H2,1H3. The molecule has 1 saturated carbocycles. The third kappa shape index (κ3) is 7.39. The summed E-state index contributed by atoms with van der Waals surface area (Å²) in [5, 5.41) is 0. The molecule has 0 unspecified atom stereocenters.